The number of rotatable bonds is 4. The predicted molar refractivity (Wildman–Crippen MR) is 87.0 cm³/mol. The number of nitrogens with zero attached hydrogens (tertiary/aromatic N) is 2. The van der Waals surface area contributed by atoms with Crippen molar-refractivity contribution in [1.29, 1.82) is 0 Å². The first-order valence-corrected chi connectivity index (χ1v) is 9.34. The molecule has 1 aromatic rings. The zero-order valence-corrected chi connectivity index (χ0v) is 14.4. The summed E-state index contributed by atoms with van der Waals surface area (Å²) in [4.78, 5) is 26.8. The molecule has 1 aromatic carbocycles. The third kappa shape index (κ3) is 4.68. The van der Waals surface area contributed by atoms with E-state index in [1.807, 2.05) is 0 Å². The van der Waals surface area contributed by atoms with Crippen molar-refractivity contribution in [2.45, 2.75) is 18.2 Å². The van der Waals surface area contributed by atoms with Gasteiger partial charge in [0.1, 0.15) is 0 Å². The van der Waals surface area contributed by atoms with Crippen molar-refractivity contribution in [3.05, 3.63) is 29.3 Å². The molecule has 6 nitrogen and oxygen atoms in total. The molecule has 1 heterocycles. The molecule has 8 heteroatoms. The van der Waals surface area contributed by atoms with Crippen molar-refractivity contribution in [2.75, 3.05) is 31.9 Å². The Hall–Kier alpha value is -1.60. The van der Waals surface area contributed by atoms with E-state index in [0.29, 0.717) is 31.2 Å². The fraction of sp³-hybridized carbons (Fsp3) is 0.467. The van der Waals surface area contributed by atoms with Crippen LogP contribution in [0.2, 0.25) is 5.02 Å². The highest BCUT2D eigenvalue weighted by Gasteiger charge is 2.24. The number of carbonyl (C=O) groups is 2. The minimum absolute atomic E-state index is 0.0133. The molecule has 0 unspecified atom stereocenters. The molecule has 0 aliphatic carbocycles. The van der Waals surface area contributed by atoms with Crippen LogP contribution < -0.4 is 0 Å². The van der Waals surface area contributed by atoms with E-state index in [4.69, 9.17) is 11.6 Å². The molecule has 1 fully saturated rings. The summed E-state index contributed by atoms with van der Waals surface area (Å²) in [5.74, 6) is -0.474. The van der Waals surface area contributed by atoms with Gasteiger partial charge >= 0.3 is 0 Å². The predicted octanol–water partition coefficient (Wildman–Crippen LogP) is 1.19. The summed E-state index contributed by atoms with van der Waals surface area (Å²) in [5, 5.41) is 0.345. The van der Waals surface area contributed by atoms with Gasteiger partial charge in [-0.25, -0.2) is 8.42 Å². The molecule has 0 aromatic heterocycles. The van der Waals surface area contributed by atoms with Gasteiger partial charge in [0.25, 0.3) is 0 Å². The molecule has 1 aliphatic heterocycles. The van der Waals surface area contributed by atoms with Crippen LogP contribution in [0.4, 0.5) is 0 Å². The summed E-state index contributed by atoms with van der Waals surface area (Å²) in [6, 6.07) is 6.02. The van der Waals surface area contributed by atoms with Gasteiger partial charge in [-0.2, -0.15) is 0 Å². The Morgan fingerprint density at radius 1 is 1.13 bits per heavy atom. The number of hydrogen-bond donors (Lipinski definition) is 0. The van der Waals surface area contributed by atoms with Crippen molar-refractivity contribution < 1.29 is 18.0 Å². The second-order valence-corrected chi connectivity index (χ2v) is 7.96. The Kier molecular flexibility index (Phi) is 5.64. The molecule has 23 heavy (non-hydrogen) atoms. The Balaban J connectivity index is 1.91. The molecule has 0 atom stereocenters. The summed E-state index contributed by atoms with van der Waals surface area (Å²) in [6.07, 6.45) is -0.0745. The second-order valence-electron chi connectivity index (χ2n) is 5.41. The first kappa shape index (κ1) is 17.7. The van der Waals surface area contributed by atoms with Crippen LogP contribution in [-0.2, 0) is 19.4 Å². The largest absolute Gasteiger partial charge is 0.339 e. The summed E-state index contributed by atoms with van der Waals surface area (Å²) in [6.45, 7) is 3.35. The molecular weight excluding hydrogens is 340 g/mol. The van der Waals surface area contributed by atoms with Gasteiger partial charge < -0.3 is 9.80 Å². The van der Waals surface area contributed by atoms with E-state index in [1.165, 1.54) is 19.1 Å². The summed E-state index contributed by atoms with van der Waals surface area (Å²) >= 11 is 5.80. The zero-order chi connectivity index (χ0) is 17.0. The Labute approximate surface area is 140 Å². The lowest BCUT2D eigenvalue weighted by Gasteiger charge is -2.34. The average Bonchev–Trinajstić information content (AvgIpc) is 2.53. The van der Waals surface area contributed by atoms with Crippen LogP contribution in [-0.4, -0.2) is 62.0 Å². The molecule has 2 amide bonds. The lowest BCUT2D eigenvalue weighted by atomic mass is 10.3. The average molecular weight is 359 g/mol. The number of hydrogen-bond acceptors (Lipinski definition) is 4. The molecule has 0 saturated carbocycles. The van der Waals surface area contributed by atoms with Gasteiger partial charge in [0.15, 0.2) is 9.84 Å². The molecule has 0 spiro atoms. The van der Waals surface area contributed by atoms with Crippen LogP contribution in [0.15, 0.2) is 29.2 Å². The van der Waals surface area contributed by atoms with Crippen LogP contribution in [0.5, 0.6) is 0 Å². The Bertz CT molecular complexity index is 697. The monoisotopic (exact) mass is 358 g/mol. The molecule has 0 bridgehead atoms. The molecular formula is C15H19ClN2O4S. The van der Waals surface area contributed by atoms with E-state index in [2.05, 4.69) is 0 Å². The first-order valence-electron chi connectivity index (χ1n) is 7.31. The fourth-order valence-electron chi connectivity index (χ4n) is 2.43. The fourth-order valence-corrected chi connectivity index (χ4v) is 3.96. The first-order chi connectivity index (χ1) is 10.8. The highest BCUT2D eigenvalue weighted by Crippen LogP contribution is 2.17. The van der Waals surface area contributed by atoms with E-state index in [9.17, 15) is 18.0 Å². The number of benzene rings is 1. The SMILES string of the molecule is CC(=O)N1CCN(C(=O)CCS(=O)(=O)c2cccc(Cl)c2)CC1. The van der Waals surface area contributed by atoms with Gasteiger partial charge in [-0.1, -0.05) is 17.7 Å². The van der Waals surface area contributed by atoms with E-state index < -0.39 is 9.84 Å². The Morgan fingerprint density at radius 3 is 2.30 bits per heavy atom. The lowest BCUT2D eigenvalue weighted by Crippen LogP contribution is -2.50. The smallest absolute Gasteiger partial charge is 0.223 e. The molecule has 2 rings (SSSR count). The van der Waals surface area contributed by atoms with E-state index in [1.54, 1.807) is 21.9 Å². The molecule has 0 N–H and O–H groups in total. The minimum atomic E-state index is -3.54. The van der Waals surface area contributed by atoms with Crippen molar-refractivity contribution in [3.8, 4) is 0 Å². The Morgan fingerprint density at radius 2 is 1.74 bits per heavy atom. The van der Waals surface area contributed by atoms with E-state index in [-0.39, 0.29) is 28.9 Å². The van der Waals surface area contributed by atoms with E-state index >= 15 is 0 Å². The molecule has 126 valence electrons. The van der Waals surface area contributed by atoms with Crippen molar-refractivity contribution in [2.24, 2.45) is 0 Å². The minimum Gasteiger partial charge on any atom is -0.339 e. The number of amides is 2. The highest BCUT2D eigenvalue weighted by atomic mass is 35.5. The zero-order valence-electron chi connectivity index (χ0n) is 12.9. The van der Waals surface area contributed by atoms with Crippen LogP contribution >= 0.6 is 11.6 Å². The molecule has 1 aliphatic rings. The van der Waals surface area contributed by atoms with Crippen molar-refractivity contribution >= 4 is 33.3 Å². The topological polar surface area (TPSA) is 74.8 Å². The van der Waals surface area contributed by atoms with Gasteiger partial charge in [-0.05, 0) is 18.2 Å². The van der Waals surface area contributed by atoms with E-state index in [0.717, 1.165) is 0 Å². The van der Waals surface area contributed by atoms with Crippen LogP contribution in [0.3, 0.4) is 0 Å². The van der Waals surface area contributed by atoms with Crippen LogP contribution in [0.25, 0.3) is 0 Å². The summed E-state index contributed by atoms with van der Waals surface area (Å²) < 4.78 is 24.5. The number of halogens is 1. The van der Waals surface area contributed by atoms with Gasteiger partial charge in [-0.15, -0.1) is 0 Å². The number of piperazine rings is 1. The summed E-state index contributed by atoms with van der Waals surface area (Å²) in [7, 11) is -3.54. The van der Waals surface area contributed by atoms with Gasteiger partial charge in [0, 0.05) is 44.5 Å². The molecule has 1 saturated heterocycles. The quantitative estimate of drug-likeness (QED) is 0.810. The summed E-state index contributed by atoms with van der Waals surface area (Å²) in [5.41, 5.74) is 0. The molecule has 0 radical (unpaired) electrons. The van der Waals surface area contributed by atoms with Gasteiger partial charge in [0.2, 0.25) is 11.8 Å². The van der Waals surface area contributed by atoms with Crippen molar-refractivity contribution in [3.63, 3.8) is 0 Å². The van der Waals surface area contributed by atoms with Crippen LogP contribution in [0.1, 0.15) is 13.3 Å². The van der Waals surface area contributed by atoms with Crippen molar-refractivity contribution in [1.82, 2.24) is 9.80 Å². The maximum atomic E-state index is 12.2. The number of sulfone groups is 1. The van der Waals surface area contributed by atoms with Gasteiger partial charge in [0.05, 0.1) is 10.6 Å². The van der Waals surface area contributed by atoms with Crippen LogP contribution in [0, 0.1) is 0 Å². The third-order valence-corrected chi connectivity index (χ3v) is 5.77. The lowest BCUT2D eigenvalue weighted by molar-refractivity contribution is -0.138. The third-order valence-electron chi connectivity index (χ3n) is 3.82. The van der Waals surface area contributed by atoms with Gasteiger partial charge in [-0.3, -0.25) is 9.59 Å². The standard InChI is InChI=1S/C15H19ClN2O4S/c1-12(19)17-6-8-18(9-7-17)15(20)5-10-23(21,22)14-4-2-3-13(16)11-14/h2-4,11H,5-10H2,1H3. The maximum Gasteiger partial charge on any atom is 0.223 e. The normalized spacial score (nSPS) is 15.6. The number of carbonyl (C=O) groups excluding carboxylic acids is 2. The maximum absolute atomic E-state index is 12.2. The highest BCUT2D eigenvalue weighted by molar-refractivity contribution is 7.91. The second kappa shape index (κ2) is 7.31.